The fourth-order valence-corrected chi connectivity index (χ4v) is 2.76. The van der Waals surface area contributed by atoms with Gasteiger partial charge in [-0.3, -0.25) is 0 Å². The SMILES string of the molecule is Cc1cc(C)c(-c2nc(C3CCOC3)no2)c(C)c1. The molecule has 0 aliphatic carbocycles. The Bertz CT molecular complexity index is 575. The van der Waals surface area contributed by atoms with E-state index in [4.69, 9.17) is 9.26 Å². The monoisotopic (exact) mass is 258 g/mol. The van der Waals surface area contributed by atoms with Gasteiger partial charge in [0.05, 0.1) is 6.61 Å². The molecule has 4 nitrogen and oxygen atoms in total. The molecule has 0 radical (unpaired) electrons. The second-order valence-corrected chi connectivity index (χ2v) is 5.29. The zero-order valence-corrected chi connectivity index (χ0v) is 11.6. The Kier molecular flexibility index (Phi) is 3.11. The van der Waals surface area contributed by atoms with E-state index in [1.54, 1.807) is 0 Å². The van der Waals surface area contributed by atoms with E-state index in [9.17, 15) is 0 Å². The molecule has 2 aromatic rings. The van der Waals surface area contributed by atoms with Crippen molar-refractivity contribution in [3.05, 3.63) is 34.6 Å². The number of aryl methyl sites for hydroxylation is 3. The van der Waals surface area contributed by atoms with Crippen LogP contribution in [0.5, 0.6) is 0 Å². The molecule has 2 heterocycles. The van der Waals surface area contributed by atoms with Gasteiger partial charge < -0.3 is 9.26 Å². The van der Waals surface area contributed by atoms with Crippen LogP contribution in [-0.2, 0) is 4.74 Å². The second-order valence-electron chi connectivity index (χ2n) is 5.29. The molecule has 1 aliphatic heterocycles. The van der Waals surface area contributed by atoms with Crippen LogP contribution >= 0.6 is 0 Å². The van der Waals surface area contributed by atoms with Crippen molar-refractivity contribution in [3.8, 4) is 11.5 Å². The summed E-state index contributed by atoms with van der Waals surface area (Å²) in [6.45, 7) is 7.75. The zero-order chi connectivity index (χ0) is 13.4. The van der Waals surface area contributed by atoms with Gasteiger partial charge in [-0.15, -0.1) is 0 Å². The lowest BCUT2D eigenvalue weighted by Gasteiger charge is -2.06. The molecule has 3 rings (SSSR count). The van der Waals surface area contributed by atoms with E-state index in [2.05, 4.69) is 43.0 Å². The van der Waals surface area contributed by atoms with Crippen molar-refractivity contribution in [2.75, 3.05) is 13.2 Å². The molecule has 1 unspecified atom stereocenters. The van der Waals surface area contributed by atoms with Gasteiger partial charge in [0.2, 0.25) is 0 Å². The van der Waals surface area contributed by atoms with Gasteiger partial charge in [0.15, 0.2) is 5.82 Å². The lowest BCUT2D eigenvalue weighted by Crippen LogP contribution is -1.99. The number of benzene rings is 1. The van der Waals surface area contributed by atoms with Gasteiger partial charge in [-0.25, -0.2) is 0 Å². The predicted octanol–water partition coefficient (Wildman–Crippen LogP) is 3.17. The highest BCUT2D eigenvalue weighted by atomic mass is 16.5. The average Bonchev–Trinajstić information content (AvgIpc) is 2.97. The maximum Gasteiger partial charge on any atom is 0.258 e. The first-order chi connectivity index (χ1) is 9.15. The summed E-state index contributed by atoms with van der Waals surface area (Å²) in [4.78, 5) is 4.56. The summed E-state index contributed by atoms with van der Waals surface area (Å²) in [5.74, 6) is 1.67. The number of rotatable bonds is 2. The maximum atomic E-state index is 5.45. The second kappa shape index (κ2) is 4.78. The highest BCUT2D eigenvalue weighted by Crippen LogP contribution is 2.29. The Balaban J connectivity index is 1.98. The molecule has 4 heteroatoms. The summed E-state index contributed by atoms with van der Waals surface area (Å²) in [5, 5.41) is 4.11. The third kappa shape index (κ3) is 2.28. The standard InChI is InChI=1S/C15H18N2O2/c1-9-6-10(2)13(11(3)7-9)15-16-14(17-19-15)12-4-5-18-8-12/h6-7,12H,4-5,8H2,1-3H3. The number of nitrogens with zero attached hydrogens (tertiary/aromatic N) is 2. The van der Waals surface area contributed by atoms with E-state index in [0.29, 0.717) is 12.5 Å². The van der Waals surface area contributed by atoms with Crippen LogP contribution in [0, 0.1) is 20.8 Å². The number of hydrogen-bond acceptors (Lipinski definition) is 4. The van der Waals surface area contributed by atoms with Crippen molar-refractivity contribution in [1.82, 2.24) is 10.1 Å². The molecule has 0 bridgehead atoms. The Morgan fingerprint density at radius 2 is 1.89 bits per heavy atom. The third-order valence-electron chi connectivity index (χ3n) is 3.63. The highest BCUT2D eigenvalue weighted by Gasteiger charge is 2.24. The summed E-state index contributed by atoms with van der Waals surface area (Å²) in [6.07, 6.45) is 0.977. The van der Waals surface area contributed by atoms with E-state index < -0.39 is 0 Å². The zero-order valence-electron chi connectivity index (χ0n) is 11.6. The van der Waals surface area contributed by atoms with E-state index in [-0.39, 0.29) is 5.92 Å². The van der Waals surface area contributed by atoms with Crippen LogP contribution in [0.3, 0.4) is 0 Å². The first-order valence-electron chi connectivity index (χ1n) is 6.64. The Labute approximate surface area is 112 Å². The number of aromatic nitrogens is 2. The first-order valence-corrected chi connectivity index (χ1v) is 6.64. The number of hydrogen-bond donors (Lipinski definition) is 0. The Morgan fingerprint density at radius 3 is 2.53 bits per heavy atom. The molecule has 19 heavy (non-hydrogen) atoms. The van der Waals surface area contributed by atoms with Crippen molar-refractivity contribution in [3.63, 3.8) is 0 Å². The molecule has 1 aromatic carbocycles. The van der Waals surface area contributed by atoms with E-state index in [0.717, 1.165) is 24.4 Å². The molecule has 1 aromatic heterocycles. The van der Waals surface area contributed by atoms with Crippen molar-refractivity contribution in [2.24, 2.45) is 0 Å². The van der Waals surface area contributed by atoms with Gasteiger partial charge >= 0.3 is 0 Å². The molecular formula is C15H18N2O2. The largest absolute Gasteiger partial charge is 0.381 e. The summed E-state index contributed by atoms with van der Waals surface area (Å²) in [7, 11) is 0. The van der Waals surface area contributed by atoms with E-state index in [1.807, 2.05) is 0 Å². The lowest BCUT2D eigenvalue weighted by atomic mass is 10.00. The van der Waals surface area contributed by atoms with Crippen LogP contribution in [0.2, 0.25) is 0 Å². The predicted molar refractivity (Wildman–Crippen MR) is 72.1 cm³/mol. The van der Waals surface area contributed by atoms with Gasteiger partial charge in [0.1, 0.15) is 0 Å². The smallest absolute Gasteiger partial charge is 0.258 e. The van der Waals surface area contributed by atoms with Crippen LogP contribution in [0.25, 0.3) is 11.5 Å². The lowest BCUT2D eigenvalue weighted by molar-refractivity contribution is 0.192. The Morgan fingerprint density at radius 1 is 1.16 bits per heavy atom. The minimum Gasteiger partial charge on any atom is -0.381 e. The van der Waals surface area contributed by atoms with Crippen molar-refractivity contribution < 1.29 is 9.26 Å². The van der Waals surface area contributed by atoms with Crippen LogP contribution in [-0.4, -0.2) is 23.4 Å². The molecule has 1 atom stereocenters. The van der Waals surface area contributed by atoms with Crippen LogP contribution in [0.15, 0.2) is 16.7 Å². The van der Waals surface area contributed by atoms with Gasteiger partial charge in [0.25, 0.3) is 5.89 Å². The highest BCUT2D eigenvalue weighted by molar-refractivity contribution is 5.63. The van der Waals surface area contributed by atoms with Gasteiger partial charge in [0, 0.05) is 18.1 Å². The van der Waals surface area contributed by atoms with Crippen LogP contribution < -0.4 is 0 Å². The fourth-order valence-electron chi connectivity index (χ4n) is 2.76. The summed E-state index contributed by atoms with van der Waals surface area (Å²) >= 11 is 0. The third-order valence-corrected chi connectivity index (χ3v) is 3.63. The normalized spacial score (nSPS) is 19.0. The minimum absolute atomic E-state index is 0.281. The first kappa shape index (κ1) is 12.4. The number of ether oxygens (including phenoxy) is 1. The molecule has 0 spiro atoms. The van der Waals surface area contributed by atoms with Crippen molar-refractivity contribution in [2.45, 2.75) is 33.1 Å². The maximum absolute atomic E-state index is 5.45. The van der Waals surface area contributed by atoms with Crippen LogP contribution in [0.1, 0.15) is 34.9 Å². The van der Waals surface area contributed by atoms with Crippen LogP contribution in [0.4, 0.5) is 0 Å². The quantitative estimate of drug-likeness (QED) is 0.830. The summed E-state index contributed by atoms with van der Waals surface area (Å²) in [5.41, 5.74) is 4.66. The molecule has 0 amide bonds. The molecule has 100 valence electrons. The molecule has 0 N–H and O–H groups in total. The molecule has 1 saturated heterocycles. The summed E-state index contributed by atoms with van der Waals surface area (Å²) in [6, 6.07) is 4.29. The molecule has 1 fully saturated rings. The van der Waals surface area contributed by atoms with E-state index in [1.165, 1.54) is 16.7 Å². The molecule has 1 aliphatic rings. The fraction of sp³-hybridized carbons (Fsp3) is 0.467. The molecule has 0 saturated carbocycles. The Hall–Kier alpha value is -1.68. The van der Waals surface area contributed by atoms with E-state index >= 15 is 0 Å². The van der Waals surface area contributed by atoms with Crippen molar-refractivity contribution in [1.29, 1.82) is 0 Å². The van der Waals surface area contributed by atoms with Crippen molar-refractivity contribution >= 4 is 0 Å². The molecular weight excluding hydrogens is 240 g/mol. The van der Waals surface area contributed by atoms with Gasteiger partial charge in [-0.1, -0.05) is 22.9 Å². The van der Waals surface area contributed by atoms with Gasteiger partial charge in [-0.05, 0) is 38.3 Å². The van der Waals surface area contributed by atoms with Gasteiger partial charge in [-0.2, -0.15) is 4.98 Å². The average molecular weight is 258 g/mol. The summed E-state index contributed by atoms with van der Waals surface area (Å²) < 4.78 is 10.8. The topological polar surface area (TPSA) is 48.2 Å². The minimum atomic E-state index is 0.281.